The van der Waals surface area contributed by atoms with Gasteiger partial charge in [-0.15, -0.1) is 0 Å². The number of hydrogen-bond donors (Lipinski definition) is 3. The largest absolute Gasteiger partial charge is 0.395 e. The molecule has 1 aliphatic carbocycles. The van der Waals surface area contributed by atoms with E-state index in [0.717, 1.165) is 55.0 Å². The minimum atomic E-state index is 0.189. The number of nitrogens with zero attached hydrogens (tertiary/aromatic N) is 3. The summed E-state index contributed by atoms with van der Waals surface area (Å²) in [6.07, 6.45) is 10.6. The molecule has 0 aliphatic heterocycles. The maximum absolute atomic E-state index is 8.93. The standard InChI is InChI=1S/C21H35N5O.C2H6/c1-5-9-18(3)24-20(16-23-12-8-13-26(4)14-15-27)21(22)25-19-11-7-6-10-17(19)2;1-2/h6-7,10-11,23,27H,2,5,8-9,12-16,22H2,1,3-4H3;1-2H3/b21-20+,24-18?,25-19-;. The van der Waals surface area contributed by atoms with Crippen molar-refractivity contribution < 1.29 is 5.11 Å². The number of aliphatic imine (C=N–C) groups is 2. The molecule has 1 aliphatic rings. The minimum absolute atomic E-state index is 0.189. The fourth-order valence-electron chi connectivity index (χ4n) is 2.61. The Morgan fingerprint density at radius 2 is 1.93 bits per heavy atom. The fourth-order valence-corrected chi connectivity index (χ4v) is 2.61. The second kappa shape index (κ2) is 16.9. The molecule has 0 amide bonds. The lowest BCUT2D eigenvalue weighted by Crippen LogP contribution is -2.27. The van der Waals surface area contributed by atoms with E-state index in [-0.39, 0.29) is 6.61 Å². The highest BCUT2D eigenvalue weighted by Crippen LogP contribution is 2.11. The van der Waals surface area contributed by atoms with E-state index in [4.69, 9.17) is 15.8 Å². The zero-order chi connectivity index (χ0) is 22.1. The Labute approximate surface area is 177 Å². The van der Waals surface area contributed by atoms with Crippen LogP contribution in [-0.4, -0.2) is 61.3 Å². The molecule has 0 spiro atoms. The van der Waals surface area contributed by atoms with E-state index in [1.54, 1.807) is 0 Å². The van der Waals surface area contributed by atoms with Crippen LogP contribution in [0.4, 0.5) is 0 Å². The molecule has 0 saturated carbocycles. The first-order chi connectivity index (χ1) is 14.0. The summed E-state index contributed by atoms with van der Waals surface area (Å²) in [5.74, 6) is 0.423. The van der Waals surface area contributed by atoms with Gasteiger partial charge in [-0.3, -0.25) is 4.99 Å². The van der Waals surface area contributed by atoms with Crippen LogP contribution in [0.3, 0.4) is 0 Å². The summed E-state index contributed by atoms with van der Waals surface area (Å²) in [6.45, 7) is 15.4. The lowest BCUT2D eigenvalue weighted by atomic mass is 10.1. The number of hydrogen-bond acceptors (Lipinski definition) is 6. The maximum Gasteiger partial charge on any atom is 0.147 e. The Bertz CT molecular complexity index is 629. The number of nitrogens with one attached hydrogen (secondary N) is 1. The van der Waals surface area contributed by atoms with Gasteiger partial charge >= 0.3 is 0 Å². The average Bonchev–Trinajstić information content (AvgIpc) is 2.70. The summed E-state index contributed by atoms with van der Waals surface area (Å²) in [7, 11) is 2.01. The van der Waals surface area contributed by atoms with Gasteiger partial charge in [-0.05, 0) is 51.6 Å². The molecule has 6 nitrogen and oxygen atoms in total. The van der Waals surface area contributed by atoms with Gasteiger partial charge in [0.25, 0.3) is 0 Å². The molecule has 0 atom stereocenters. The molecule has 0 unspecified atom stereocenters. The van der Waals surface area contributed by atoms with Crippen molar-refractivity contribution in [2.45, 2.75) is 47.0 Å². The lowest BCUT2D eigenvalue weighted by molar-refractivity contribution is 0.220. The summed E-state index contributed by atoms with van der Waals surface area (Å²) in [6, 6.07) is 0. The van der Waals surface area contributed by atoms with Crippen LogP contribution in [0.25, 0.3) is 0 Å². The quantitative estimate of drug-likeness (QED) is 0.344. The third-order valence-corrected chi connectivity index (χ3v) is 4.13. The monoisotopic (exact) mass is 403 g/mol. The first-order valence-electron chi connectivity index (χ1n) is 10.6. The van der Waals surface area contributed by atoms with E-state index in [2.05, 4.69) is 28.7 Å². The van der Waals surface area contributed by atoms with E-state index in [1.165, 1.54) is 0 Å². The van der Waals surface area contributed by atoms with Crippen LogP contribution in [0.1, 0.15) is 47.0 Å². The molecule has 0 aromatic heterocycles. The Morgan fingerprint density at radius 3 is 2.55 bits per heavy atom. The number of nitrogens with two attached hydrogens (primary N) is 1. The summed E-state index contributed by atoms with van der Waals surface area (Å²) < 4.78 is 0. The molecular weight excluding hydrogens is 362 g/mol. The number of aliphatic hydroxyl groups is 1. The van der Waals surface area contributed by atoms with Gasteiger partial charge in [0.05, 0.1) is 18.0 Å². The molecule has 0 bridgehead atoms. The molecule has 29 heavy (non-hydrogen) atoms. The third-order valence-electron chi connectivity index (χ3n) is 4.13. The molecular formula is C23H41N5O. The highest BCUT2D eigenvalue weighted by Gasteiger charge is 2.07. The van der Waals surface area contributed by atoms with Gasteiger partial charge in [-0.25, -0.2) is 4.99 Å². The zero-order valence-corrected chi connectivity index (χ0v) is 19.0. The van der Waals surface area contributed by atoms with Crippen LogP contribution in [0, 0.1) is 0 Å². The molecule has 0 aromatic rings. The molecule has 0 radical (unpaired) electrons. The third kappa shape index (κ3) is 12.2. The van der Waals surface area contributed by atoms with E-state index < -0.39 is 0 Å². The summed E-state index contributed by atoms with van der Waals surface area (Å²) in [5, 5.41) is 12.3. The van der Waals surface area contributed by atoms with Gasteiger partial charge < -0.3 is 21.1 Å². The Morgan fingerprint density at radius 1 is 1.24 bits per heavy atom. The van der Waals surface area contributed by atoms with E-state index in [9.17, 15) is 0 Å². The van der Waals surface area contributed by atoms with Crippen molar-refractivity contribution in [1.82, 2.24) is 10.2 Å². The van der Waals surface area contributed by atoms with Crippen LogP contribution in [0.5, 0.6) is 0 Å². The SMILES string of the molecule is C=C1C=CC=C/C1=N/C(N)=C(\CNCCCN(C)CCO)N=C(C)CCC.CC. The van der Waals surface area contributed by atoms with Crippen molar-refractivity contribution in [2.75, 3.05) is 39.8 Å². The molecule has 0 heterocycles. The maximum atomic E-state index is 8.93. The molecule has 0 saturated heterocycles. The van der Waals surface area contributed by atoms with Crippen molar-refractivity contribution in [1.29, 1.82) is 0 Å². The number of allylic oxidation sites excluding steroid dienone is 5. The number of likely N-dealkylation sites (N-methyl/N-ethyl adjacent to an activating group) is 1. The van der Waals surface area contributed by atoms with E-state index >= 15 is 0 Å². The predicted octanol–water partition coefficient (Wildman–Crippen LogP) is 3.43. The topological polar surface area (TPSA) is 86.2 Å². The highest BCUT2D eigenvalue weighted by atomic mass is 16.3. The van der Waals surface area contributed by atoms with Crippen molar-refractivity contribution >= 4 is 11.4 Å². The van der Waals surface area contributed by atoms with Crippen molar-refractivity contribution in [2.24, 2.45) is 15.7 Å². The first kappa shape index (κ1) is 27.0. The molecule has 1 rings (SSSR count). The minimum Gasteiger partial charge on any atom is -0.395 e. The zero-order valence-electron chi connectivity index (χ0n) is 19.0. The Balaban J connectivity index is 0.00000379. The average molecular weight is 404 g/mol. The number of aliphatic hydroxyl groups excluding tert-OH is 1. The van der Waals surface area contributed by atoms with Crippen molar-refractivity contribution in [3.8, 4) is 0 Å². The summed E-state index contributed by atoms with van der Waals surface area (Å²) in [5.41, 5.74) is 9.69. The van der Waals surface area contributed by atoms with Gasteiger partial charge in [0, 0.05) is 18.8 Å². The van der Waals surface area contributed by atoms with Crippen LogP contribution < -0.4 is 11.1 Å². The smallest absolute Gasteiger partial charge is 0.147 e. The van der Waals surface area contributed by atoms with Gasteiger partial charge in [-0.2, -0.15) is 0 Å². The van der Waals surface area contributed by atoms with Gasteiger partial charge in [-0.1, -0.05) is 52.0 Å². The van der Waals surface area contributed by atoms with Gasteiger partial charge in [0.2, 0.25) is 0 Å². The molecule has 4 N–H and O–H groups in total. The van der Waals surface area contributed by atoms with E-state index in [0.29, 0.717) is 18.9 Å². The summed E-state index contributed by atoms with van der Waals surface area (Å²) in [4.78, 5) is 11.3. The Kier molecular flexibility index (Phi) is 15.7. The van der Waals surface area contributed by atoms with Crippen LogP contribution >= 0.6 is 0 Å². The predicted molar refractivity (Wildman–Crippen MR) is 128 cm³/mol. The molecule has 0 aromatic carbocycles. The highest BCUT2D eigenvalue weighted by molar-refractivity contribution is 6.11. The summed E-state index contributed by atoms with van der Waals surface area (Å²) >= 11 is 0. The second-order valence-corrected chi connectivity index (χ2v) is 6.73. The molecule has 6 heteroatoms. The van der Waals surface area contributed by atoms with Crippen LogP contribution in [0.15, 0.2) is 58.0 Å². The van der Waals surface area contributed by atoms with Gasteiger partial charge in [0.15, 0.2) is 0 Å². The number of rotatable bonds is 12. The lowest BCUT2D eigenvalue weighted by Gasteiger charge is -2.15. The second-order valence-electron chi connectivity index (χ2n) is 6.73. The van der Waals surface area contributed by atoms with Crippen molar-refractivity contribution in [3.05, 3.63) is 48.0 Å². The molecule has 164 valence electrons. The Hall–Kier alpha value is -2.02. The molecule has 0 fully saturated rings. The van der Waals surface area contributed by atoms with Crippen molar-refractivity contribution in [3.63, 3.8) is 0 Å². The first-order valence-corrected chi connectivity index (χ1v) is 10.6. The normalized spacial score (nSPS) is 16.2. The fraction of sp³-hybridized carbons (Fsp3) is 0.565. The van der Waals surface area contributed by atoms with Crippen LogP contribution in [0.2, 0.25) is 0 Å². The van der Waals surface area contributed by atoms with Gasteiger partial charge in [0.1, 0.15) is 5.82 Å². The van der Waals surface area contributed by atoms with Crippen LogP contribution in [-0.2, 0) is 0 Å². The van der Waals surface area contributed by atoms with E-state index in [1.807, 2.05) is 52.1 Å².